The quantitative estimate of drug-likeness (QED) is 0.0714. The number of nitrogens with two attached hydrogens (primary N) is 1. The van der Waals surface area contributed by atoms with Crippen LogP contribution in [0.3, 0.4) is 0 Å². The molecule has 0 aliphatic carbocycles. The molecule has 9 amide bonds. The van der Waals surface area contributed by atoms with E-state index in [1.165, 1.54) is 72.8 Å². The number of carbonyl (C=O) groups excluding carboxylic acids is 9. The third kappa shape index (κ3) is 20.0. The molecular formula is C48H57N9O18. The molecule has 75 heavy (non-hydrogen) atoms. The molecule has 0 aromatic heterocycles. The summed E-state index contributed by atoms with van der Waals surface area (Å²) in [4.78, 5) is 159. The number of nitrogens with one attached hydrogen (secondary N) is 8. The number of carboxylic acids is 3. The van der Waals surface area contributed by atoms with Gasteiger partial charge >= 0.3 is 17.9 Å². The molecule has 0 unspecified atom stereocenters. The van der Waals surface area contributed by atoms with Crippen LogP contribution in [0, 0.1) is 0 Å². The van der Waals surface area contributed by atoms with E-state index in [1.807, 2.05) is 0 Å². The molecule has 1 heterocycles. The van der Waals surface area contributed by atoms with Crippen molar-refractivity contribution in [2.24, 2.45) is 5.73 Å². The number of phenols is 3. The summed E-state index contributed by atoms with van der Waals surface area (Å²) in [5.74, 6) is -15.2. The predicted octanol–water partition coefficient (Wildman–Crippen LogP) is -3.18. The van der Waals surface area contributed by atoms with Gasteiger partial charge in [-0.05, 0) is 72.4 Å². The maximum atomic E-state index is 14.3. The summed E-state index contributed by atoms with van der Waals surface area (Å²) in [6.45, 7) is -0.962. The van der Waals surface area contributed by atoms with Crippen LogP contribution in [0.2, 0.25) is 0 Å². The van der Waals surface area contributed by atoms with Gasteiger partial charge in [-0.1, -0.05) is 36.4 Å². The second-order valence-electron chi connectivity index (χ2n) is 17.3. The van der Waals surface area contributed by atoms with Crippen molar-refractivity contribution in [3.63, 3.8) is 0 Å². The van der Waals surface area contributed by atoms with Gasteiger partial charge in [0.1, 0.15) is 59.5 Å². The fraction of sp³-hybridized carbons (Fsp3) is 0.375. The van der Waals surface area contributed by atoms with Crippen LogP contribution in [0.1, 0.15) is 61.6 Å². The zero-order chi connectivity index (χ0) is 55.4. The van der Waals surface area contributed by atoms with Crippen molar-refractivity contribution < 1.29 is 88.2 Å². The third-order valence-corrected chi connectivity index (χ3v) is 11.4. The Balaban J connectivity index is 1.80. The van der Waals surface area contributed by atoms with Gasteiger partial charge in [0.25, 0.3) is 0 Å². The highest BCUT2D eigenvalue weighted by Crippen LogP contribution is 2.16. The summed E-state index contributed by atoms with van der Waals surface area (Å²) < 4.78 is 0. The minimum atomic E-state index is -2.03. The molecule has 1 fully saturated rings. The standard InChI is InChI=1S/C48H57N9O18/c49-42(69)30-13-16-37(61)51-33(19-24-1-7-27(58)8-2-24)46(73)56-35(21-26-5-11-29(60)12-6-26)47(74)57-36(22-41(67)68)48(75)54-31(14-17-39(63)64)43(70)50-23-38(62)52-34(20-25-3-9-28(59)10-4-25)45(72)55-32(44(71)53-30)15-18-40(65)66/h1-12,30-36,58-60H,13-23H2,(H2,49,69)(H,50,70)(H,51,61)(H,52,62)(H,53,71)(H,54,75)(H,55,72)(H,56,73)(H,57,74)(H,63,64)(H,65,66)(H,67,68)/t30-,31-,32-,33-,34-,35-,36-/m0/s1. The molecule has 0 bridgehead atoms. The van der Waals surface area contributed by atoms with E-state index < -0.39 is 171 Å². The summed E-state index contributed by atoms with van der Waals surface area (Å²) in [5.41, 5.74) is 6.58. The van der Waals surface area contributed by atoms with Crippen molar-refractivity contribution in [1.29, 1.82) is 0 Å². The second-order valence-corrected chi connectivity index (χ2v) is 17.3. The zero-order valence-electron chi connectivity index (χ0n) is 39.9. The van der Waals surface area contributed by atoms with E-state index in [-0.39, 0.29) is 30.1 Å². The van der Waals surface area contributed by atoms with Crippen molar-refractivity contribution in [1.82, 2.24) is 42.5 Å². The molecule has 0 radical (unpaired) electrons. The number of amides is 9. The maximum absolute atomic E-state index is 14.3. The van der Waals surface area contributed by atoms with Gasteiger partial charge in [-0.15, -0.1) is 0 Å². The Labute approximate surface area is 426 Å². The SMILES string of the molecule is NC(=O)[C@@H]1CCC(=O)N[C@@H](Cc2ccc(O)cc2)C(=O)N[C@@H](Cc2ccc(O)cc2)C(=O)N[C@@H](CC(=O)O)C(=O)N[C@@H](CCC(=O)O)C(=O)NCC(=O)N[C@@H](Cc2ccc(O)cc2)C(=O)N[C@@H](CCC(=O)O)C(=O)N1. The van der Waals surface area contributed by atoms with Crippen LogP contribution in [-0.4, -0.2) is 151 Å². The van der Waals surface area contributed by atoms with E-state index in [9.17, 15) is 88.2 Å². The molecule has 27 heteroatoms. The molecule has 0 spiro atoms. The summed E-state index contributed by atoms with van der Waals surface area (Å²) in [5, 5.41) is 77.0. The van der Waals surface area contributed by atoms with Crippen molar-refractivity contribution in [3.8, 4) is 17.2 Å². The first kappa shape index (κ1) is 58.3. The van der Waals surface area contributed by atoms with Gasteiger partial charge in [0.15, 0.2) is 0 Å². The molecule has 1 saturated heterocycles. The Morgan fingerprint density at radius 1 is 0.440 bits per heavy atom. The average molecular weight is 1050 g/mol. The molecule has 0 saturated carbocycles. The first-order valence-electron chi connectivity index (χ1n) is 23.1. The second kappa shape index (κ2) is 28.1. The molecule has 16 N–H and O–H groups in total. The number of rotatable bonds is 15. The van der Waals surface area contributed by atoms with Gasteiger partial charge in [0, 0.05) is 38.5 Å². The fourth-order valence-corrected chi connectivity index (χ4v) is 7.41. The minimum absolute atomic E-state index is 0.156. The van der Waals surface area contributed by atoms with Gasteiger partial charge in [-0.25, -0.2) is 0 Å². The first-order valence-corrected chi connectivity index (χ1v) is 23.1. The van der Waals surface area contributed by atoms with E-state index in [0.717, 1.165) is 0 Å². The van der Waals surface area contributed by atoms with Gasteiger partial charge in [0.2, 0.25) is 53.2 Å². The van der Waals surface area contributed by atoms with Gasteiger partial charge < -0.3 is 78.9 Å². The van der Waals surface area contributed by atoms with E-state index in [0.29, 0.717) is 16.7 Å². The Bertz CT molecular complexity index is 2600. The van der Waals surface area contributed by atoms with Crippen LogP contribution in [0.4, 0.5) is 0 Å². The number of carbonyl (C=O) groups is 12. The summed E-state index contributed by atoms with van der Waals surface area (Å²) in [7, 11) is 0. The number of aliphatic carboxylic acids is 3. The fourth-order valence-electron chi connectivity index (χ4n) is 7.41. The number of aromatic hydroxyl groups is 3. The average Bonchev–Trinajstić information content (AvgIpc) is 3.34. The van der Waals surface area contributed by atoms with Crippen molar-refractivity contribution in [2.75, 3.05) is 6.54 Å². The Kier molecular flexibility index (Phi) is 21.8. The Morgan fingerprint density at radius 3 is 1.19 bits per heavy atom. The first-order chi connectivity index (χ1) is 35.4. The smallest absolute Gasteiger partial charge is 0.305 e. The van der Waals surface area contributed by atoms with Gasteiger partial charge in [-0.2, -0.15) is 0 Å². The van der Waals surface area contributed by atoms with Crippen LogP contribution in [-0.2, 0) is 76.8 Å². The topological polar surface area (TPSA) is 448 Å². The number of hydrogen-bond donors (Lipinski definition) is 15. The highest BCUT2D eigenvalue weighted by molar-refractivity contribution is 5.99. The molecule has 402 valence electrons. The Hall–Kier alpha value is -9.30. The molecule has 1 aliphatic heterocycles. The minimum Gasteiger partial charge on any atom is -0.508 e. The number of benzene rings is 3. The highest BCUT2D eigenvalue weighted by atomic mass is 16.4. The van der Waals surface area contributed by atoms with Crippen molar-refractivity contribution >= 4 is 71.1 Å². The lowest BCUT2D eigenvalue weighted by Gasteiger charge is -2.27. The third-order valence-electron chi connectivity index (χ3n) is 11.4. The van der Waals surface area contributed by atoms with E-state index in [4.69, 9.17) is 5.73 Å². The number of primary amides is 1. The van der Waals surface area contributed by atoms with E-state index in [2.05, 4.69) is 42.5 Å². The molecule has 7 atom stereocenters. The maximum Gasteiger partial charge on any atom is 0.305 e. The molecular weight excluding hydrogens is 991 g/mol. The van der Waals surface area contributed by atoms with Crippen LogP contribution >= 0.6 is 0 Å². The molecule has 4 rings (SSSR count). The normalized spacial score (nSPS) is 22.1. The lowest BCUT2D eigenvalue weighted by atomic mass is 10.0. The van der Waals surface area contributed by atoms with Crippen LogP contribution in [0.5, 0.6) is 17.2 Å². The van der Waals surface area contributed by atoms with Crippen LogP contribution in [0.25, 0.3) is 0 Å². The summed E-state index contributed by atoms with van der Waals surface area (Å²) in [6.07, 6.45) is -6.11. The number of hydrogen-bond acceptors (Lipinski definition) is 15. The lowest BCUT2D eigenvalue weighted by Crippen LogP contribution is -2.60. The molecule has 3 aromatic rings. The largest absolute Gasteiger partial charge is 0.508 e. The van der Waals surface area contributed by atoms with E-state index >= 15 is 0 Å². The predicted molar refractivity (Wildman–Crippen MR) is 256 cm³/mol. The highest BCUT2D eigenvalue weighted by Gasteiger charge is 2.35. The zero-order valence-corrected chi connectivity index (χ0v) is 39.9. The van der Waals surface area contributed by atoms with Gasteiger partial charge in [0.05, 0.1) is 13.0 Å². The van der Waals surface area contributed by atoms with E-state index in [1.54, 1.807) is 0 Å². The van der Waals surface area contributed by atoms with Crippen LogP contribution in [0.15, 0.2) is 72.8 Å². The van der Waals surface area contributed by atoms with Gasteiger partial charge in [-0.3, -0.25) is 57.5 Å². The van der Waals surface area contributed by atoms with Crippen molar-refractivity contribution in [2.45, 2.75) is 107 Å². The molecule has 3 aromatic carbocycles. The number of carboxylic acid groups (broad SMARTS) is 3. The molecule has 1 aliphatic rings. The molecule has 27 nitrogen and oxygen atoms in total. The lowest BCUT2D eigenvalue weighted by molar-refractivity contribution is -0.141. The monoisotopic (exact) mass is 1050 g/mol. The Morgan fingerprint density at radius 2 is 0.787 bits per heavy atom. The van der Waals surface area contributed by atoms with Crippen molar-refractivity contribution in [3.05, 3.63) is 89.5 Å². The summed E-state index contributed by atoms with van der Waals surface area (Å²) in [6, 6.07) is 3.74. The number of phenolic OH excluding ortho intramolecular Hbond substituents is 3. The van der Waals surface area contributed by atoms with Crippen LogP contribution < -0.4 is 48.3 Å². The summed E-state index contributed by atoms with van der Waals surface area (Å²) >= 11 is 0.